The maximum Gasteiger partial charge on any atom is 0.339 e. The molecule has 25 heavy (non-hydrogen) atoms. The lowest BCUT2D eigenvalue weighted by molar-refractivity contribution is 0.0698. The van der Waals surface area contributed by atoms with Crippen LogP contribution in [0.1, 0.15) is 15.9 Å². The summed E-state index contributed by atoms with van der Waals surface area (Å²) in [5, 5.41) is 14.0. The number of rotatable bonds is 6. The Balaban J connectivity index is 1.86. The van der Waals surface area contributed by atoms with Gasteiger partial charge in [-0.1, -0.05) is 29.8 Å². The van der Waals surface area contributed by atoms with E-state index in [0.717, 1.165) is 10.9 Å². The molecule has 128 valence electrons. The first-order chi connectivity index (χ1) is 12.1. The number of nitrogens with zero attached hydrogens (tertiary/aromatic N) is 1. The standard InChI is InChI=1S/C19H17ClN2O3/c1-25-14-7-6-13-10-15(19(23)24)18(22-17(13)11-14)21-9-8-12-4-2-3-5-16(12)20/h2-7,10-11H,8-9H2,1H3,(H,21,22)(H,23,24). The molecule has 0 fully saturated rings. The molecule has 0 bridgehead atoms. The normalized spacial score (nSPS) is 10.6. The number of benzene rings is 2. The van der Waals surface area contributed by atoms with Gasteiger partial charge < -0.3 is 15.2 Å². The lowest BCUT2D eigenvalue weighted by Crippen LogP contribution is -2.11. The number of methoxy groups -OCH3 is 1. The molecule has 0 unspecified atom stereocenters. The van der Waals surface area contributed by atoms with Crippen molar-refractivity contribution in [3.63, 3.8) is 0 Å². The number of carbonyl (C=O) groups is 1. The SMILES string of the molecule is COc1ccc2cc(C(=O)O)c(NCCc3ccccc3Cl)nc2c1. The van der Waals surface area contributed by atoms with Gasteiger partial charge in [0.15, 0.2) is 0 Å². The van der Waals surface area contributed by atoms with E-state index in [1.54, 1.807) is 31.4 Å². The molecule has 1 aromatic heterocycles. The van der Waals surface area contributed by atoms with E-state index in [9.17, 15) is 9.90 Å². The topological polar surface area (TPSA) is 71.5 Å². The molecule has 2 aromatic carbocycles. The first-order valence-corrected chi connectivity index (χ1v) is 8.15. The van der Waals surface area contributed by atoms with Crippen LogP contribution in [0.25, 0.3) is 10.9 Å². The number of anilines is 1. The number of carboxylic acids is 1. The third-order valence-electron chi connectivity index (χ3n) is 3.90. The van der Waals surface area contributed by atoms with Crippen LogP contribution in [0.2, 0.25) is 5.02 Å². The van der Waals surface area contributed by atoms with Crippen molar-refractivity contribution < 1.29 is 14.6 Å². The number of carboxylic acid groups (broad SMARTS) is 1. The number of ether oxygens (including phenoxy) is 1. The predicted molar refractivity (Wildman–Crippen MR) is 98.9 cm³/mol. The number of hydrogen-bond acceptors (Lipinski definition) is 4. The molecule has 0 amide bonds. The van der Waals surface area contributed by atoms with Crippen LogP contribution in [0.15, 0.2) is 48.5 Å². The fourth-order valence-electron chi connectivity index (χ4n) is 2.59. The zero-order valence-electron chi connectivity index (χ0n) is 13.6. The molecule has 2 N–H and O–H groups in total. The minimum Gasteiger partial charge on any atom is -0.497 e. The van der Waals surface area contributed by atoms with Gasteiger partial charge in [-0.15, -0.1) is 0 Å². The molecule has 0 saturated heterocycles. The largest absolute Gasteiger partial charge is 0.497 e. The molecule has 0 aliphatic carbocycles. The fraction of sp³-hybridized carbons (Fsp3) is 0.158. The van der Waals surface area contributed by atoms with Crippen LogP contribution in [-0.4, -0.2) is 29.7 Å². The third kappa shape index (κ3) is 3.83. The Morgan fingerprint density at radius 2 is 2.04 bits per heavy atom. The van der Waals surface area contributed by atoms with Crippen molar-refractivity contribution in [2.75, 3.05) is 19.0 Å². The van der Waals surface area contributed by atoms with E-state index in [1.165, 1.54) is 0 Å². The van der Waals surface area contributed by atoms with Crippen LogP contribution in [0.4, 0.5) is 5.82 Å². The van der Waals surface area contributed by atoms with Gasteiger partial charge >= 0.3 is 5.97 Å². The first kappa shape index (κ1) is 17.0. The number of aromatic carboxylic acids is 1. The van der Waals surface area contributed by atoms with E-state index < -0.39 is 5.97 Å². The van der Waals surface area contributed by atoms with Gasteiger partial charge in [0.05, 0.1) is 12.6 Å². The highest BCUT2D eigenvalue weighted by atomic mass is 35.5. The average Bonchev–Trinajstić information content (AvgIpc) is 2.62. The van der Waals surface area contributed by atoms with Gasteiger partial charge in [0.25, 0.3) is 0 Å². The van der Waals surface area contributed by atoms with Gasteiger partial charge in [0.2, 0.25) is 0 Å². The first-order valence-electron chi connectivity index (χ1n) is 7.78. The second-order valence-electron chi connectivity index (χ2n) is 5.52. The van der Waals surface area contributed by atoms with Crippen molar-refractivity contribution in [3.8, 4) is 5.75 Å². The number of nitrogens with one attached hydrogen (secondary N) is 1. The van der Waals surface area contributed by atoms with E-state index in [4.69, 9.17) is 16.3 Å². The van der Waals surface area contributed by atoms with Crippen LogP contribution in [0.5, 0.6) is 5.75 Å². The summed E-state index contributed by atoms with van der Waals surface area (Å²) in [5.41, 5.74) is 1.80. The second-order valence-corrected chi connectivity index (χ2v) is 5.92. The Bertz CT molecular complexity index is 928. The van der Waals surface area contributed by atoms with Crippen LogP contribution in [0, 0.1) is 0 Å². The molecule has 0 atom stereocenters. The summed E-state index contributed by atoms with van der Waals surface area (Å²) in [6, 6.07) is 14.5. The molecule has 0 spiro atoms. The maximum atomic E-state index is 11.6. The van der Waals surface area contributed by atoms with Gasteiger partial charge in [0, 0.05) is 23.0 Å². The Labute approximate surface area is 150 Å². The molecule has 0 saturated carbocycles. The minimum atomic E-state index is -1.02. The summed E-state index contributed by atoms with van der Waals surface area (Å²) in [4.78, 5) is 16.0. The molecule has 1 heterocycles. The smallest absolute Gasteiger partial charge is 0.339 e. The number of aromatic nitrogens is 1. The molecule has 5 nitrogen and oxygen atoms in total. The minimum absolute atomic E-state index is 0.136. The molecule has 0 aliphatic heterocycles. The number of pyridine rings is 1. The van der Waals surface area contributed by atoms with Crippen molar-refractivity contribution in [3.05, 3.63) is 64.7 Å². The number of halogens is 1. The molecule has 6 heteroatoms. The summed E-state index contributed by atoms with van der Waals surface area (Å²) in [6.07, 6.45) is 0.663. The summed E-state index contributed by atoms with van der Waals surface area (Å²) in [7, 11) is 1.58. The summed E-state index contributed by atoms with van der Waals surface area (Å²) in [5.74, 6) is -0.0177. The van der Waals surface area contributed by atoms with Crippen LogP contribution >= 0.6 is 11.6 Å². The third-order valence-corrected chi connectivity index (χ3v) is 4.27. The Hall–Kier alpha value is -2.79. The van der Waals surface area contributed by atoms with E-state index >= 15 is 0 Å². The monoisotopic (exact) mass is 356 g/mol. The van der Waals surface area contributed by atoms with Crippen LogP contribution < -0.4 is 10.1 Å². The maximum absolute atomic E-state index is 11.6. The van der Waals surface area contributed by atoms with Crippen LogP contribution in [-0.2, 0) is 6.42 Å². The number of hydrogen-bond donors (Lipinski definition) is 2. The zero-order valence-corrected chi connectivity index (χ0v) is 14.4. The second kappa shape index (κ2) is 7.40. The molecular formula is C19H17ClN2O3. The zero-order chi connectivity index (χ0) is 17.8. The van der Waals surface area contributed by atoms with E-state index in [1.807, 2.05) is 24.3 Å². The molecule has 3 aromatic rings. The number of fused-ring (bicyclic) bond motifs is 1. The van der Waals surface area contributed by atoms with Crippen LogP contribution in [0.3, 0.4) is 0 Å². The predicted octanol–water partition coefficient (Wildman–Crippen LogP) is 4.25. The van der Waals surface area contributed by atoms with Crippen molar-refractivity contribution in [1.29, 1.82) is 0 Å². The lowest BCUT2D eigenvalue weighted by atomic mass is 10.1. The Kier molecular flexibility index (Phi) is 5.05. The van der Waals surface area contributed by atoms with Gasteiger partial charge in [-0.25, -0.2) is 9.78 Å². The molecule has 0 radical (unpaired) electrons. The fourth-order valence-corrected chi connectivity index (χ4v) is 2.82. The van der Waals surface area contributed by atoms with E-state index in [0.29, 0.717) is 35.1 Å². The van der Waals surface area contributed by atoms with E-state index in [-0.39, 0.29) is 5.56 Å². The van der Waals surface area contributed by atoms with Gasteiger partial charge in [-0.3, -0.25) is 0 Å². The molecular weight excluding hydrogens is 340 g/mol. The Morgan fingerprint density at radius 3 is 2.76 bits per heavy atom. The average molecular weight is 357 g/mol. The van der Waals surface area contributed by atoms with Crippen molar-refractivity contribution >= 4 is 34.3 Å². The van der Waals surface area contributed by atoms with Crippen molar-refractivity contribution in [2.24, 2.45) is 0 Å². The molecule has 0 aliphatic rings. The quantitative estimate of drug-likeness (QED) is 0.690. The summed E-state index contributed by atoms with van der Waals surface area (Å²) < 4.78 is 5.20. The summed E-state index contributed by atoms with van der Waals surface area (Å²) in [6.45, 7) is 0.520. The highest BCUT2D eigenvalue weighted by molar-refractivity contribution is 6.31. The van der Waals surface area contributed by atoms with Gasteiger partial charge in [0.1, 0.15) is 17.1 Å². The van der Waals surface area contributed by atoms with E-state index in [2.05, 4.69) is 10.3 Å². The highest BCUT2D eigenvalue weighted by Crippen LogP contribution is 2.24. The van der Waals surface area contributed by atoms with Crippen molar-refractivity contribution in [2.45, 2.75) is 6.42 Å². The van der Waals surface area contributed by atoms with Gasteiger partial charge in [-0.05, 0) is 36.2 Å². The summed E-state index contributed by atoms with van der Waals surface area (Å²) >= 11 is 6.15. The molecule has 3 rings (SSSR count). The lowest BCUT2D eigenvalue weighted by Gasteiger charge is -2.11. The van der Waals surface area contributed by atoms with Crippen molar-refractivity contribution in [1.82, 2.24) is 4.98 Å². The highest BCUT2D eigenvalue weighted by Gasteiger charge is 2.14. The van der Waals surface area contributed by atoms with Gasteiger partial charge in [-0.2, -0.15) is 0 Å². The Morgan fingerprint density at radius 1 is 1.24 bits per heavy atom.